The fourth-order valence-corrected chi connectivity index (χ4v) is 1.32. The summed E-state index contributed by atoms with van der Waals surface area (Å²) in [5.74, 6) is -0.312. The molecule has 4 N–H and O–H groups in total. The Hall–Kier alpha value is -1.55. The Morgan fingerprint density at radius 3 is 2.60 bits per heavy atom. The zero-order chi connectivity index (χ0) is 12.1. The zero-order valence-corrected chi connectivity index (χ0v) is 8.98. The van der Waals surface area contributed by atoms with Crippen LogP contribution in [-0.4, -0.2) is 50.6 Å². The van der Waals surface area contributed by atoms with Crippen molar-refractivity contribution in [3.63, 3.8) is 0 Å². The van der Waals surface area contributed by atoms with Gasteiger partial charge in [0.05, 0.1) is 13.7 Å². The number of nitrogens with two attached hydrogens (primary N) is 1. The molecule has 0 aliphatic carbocycles. The Kier molecular flexibility index (Phi) is 4.81. The second-order valence-electron chi connectivity index (χ2n) is 2.45. The number of rotatable bonds is 4. The van der Waals surface area contributed by atoms with E-state index in [1.807, 2.05) is 0 Å². The summed E-state index contributed by atoms with van der Waals surface area (Å²) in [5, 5.41) is 10.8. The molecule has 0 unspecified atom stereocenters. The Bertz CT molecular complexity index is 350. The topological polar surface area (TPSA) is 134 Å². The minimum atomic E-state index is -4.04. The van der Waals surface area contributed by atoms with E-state index in [-0.39, 0.29) is 12.4 Å². The molecule has 1 amide bonds. The van der Waals surface area contributed by atoms with Gasteiger partial charge in [0.1, 0.15) is 0 Å². The summed E-state index contributed by atoms with van der Waals surface area (Å²) in [6.45, 7) is -0.358. The molecule has 0 rings (SSSR count). The highest BCUT2D eigenvalue weighted by atomic mass is 32.2. The van der Waals surface area contributed by atoms with Crippen LogP contribution in [0.15, 0.2) is 5.16 Å². The normalized spacial score (nSPS) is 12.6. The molecule has 0 radical (unpaired) electrons. The highest BCUT2D eigenvalue weighted by molar-refractivity contribution is 7.87. The smallest absolute Gasteiger partial charge is 0.421 e. The van der Waals surface area contributed by atoms with Crippen molar-refractivity contribution in [2.75, 3.05) is 20.7 Å². The molecule has 15 heavy (non-hydrogen) atoms. The fourth-order valence-electron chi connectivity index (χ4n) is 0.570. The number of methoxy groups -OCH3 is 1. The first-order valence-electron chi connectivity index (χ1n) is 3.62. The Balaban J connectivity index is 4.53. The number of amidine groups is 1. The maximum Gasteiger partial charge on any atom is 0.421 e. The van der Waals surface area contributed by atoms with Crippen LogP contribution < -0.4 is 10.5 Å². The zero-order valence-electron chi connectivity index (χ0n) is 8.17. The van der Waals surface area contributed by atoms with Crippen molar-refractivity contribution in [3.8, 4) is 0 Å². The monoisotopic (exact) mass is 240 g/mol. The van der Waals surface area contributed by atoms with Crippen LogP contribution in [0.25, 0.3) is 0 Å². The number of carbonyl (C=O) groups excluding carboxylic acids is 1. The number of hydrogen-bond acceptors (Lipinski definition) is 6. The third-order valence-corrected chi connectivity index (χ3v) is 2.70. The van der Waals surface area contributed by atoms with Gasteiger partial charge in [-0.05, 0) is 0 Å². The molecule has 0 bridgehead atoms. The van der Waals surface area contributed by atoms with Crippen LogP contribution in [0.4, 0.5) is 4.79 Å². The number of carbonyl (C=O) groups is 1. The molecule has 9 nitrogen and oxygen atoms in total. The molecule has 0 saturated heterocycles. The van der Waals surface area contributed by atoms with E-state index < -0.39 is 16.3 Å². The van der Waals surface area contributed by atoms with Crippen LogP contribution in [0.5, 0.6) is 0 Å². The maximum atomic E-state index is 11.3. The van der Waals surface area contributed by atoms with Crippen molar-refractivity contribution in [1.29, 1.82) is 0 Å². The van der Waals surface area contributed by atoms with Gasteiger partial charge in [-0.25, -0.2) is 9.52 Å². The Morgan fingerprint density at radius 2 is 2.20 bits per heavy atom. The molecule has 10 heteroatoms. The number of ether oxygens (including phenoxy) is 1. The quantitative estimate of drug-likeness (QED) is 0.231. The van der Waals surface area contributed by atoms with E-state index in [4.69, 9.17) is 10.9 Å². The molecule has 0 spiro atoms. The van der Waals surface area contributed by atoms with Crippen LogP contribution in [0.3, 0.4) is 0 Å². The summed E-state index contributed by atoms with van der Waals surface area (Å²) >= 11 is 0. The van der Waals surface area contributed by atoms with Crippen molar-refractivity contribution >= 4 is 22.1 Å². The van der Waals surface area contributed by atoms with Gasteiger partial charge in [0.2, 0.25) is 0 Å². The second-order valence-corrected chi connectivity index (χ2v) is 4.22. The first-order valence-corrected chi connectivity index (χ1v) is 5.06. The van der Waals surface area contributed by atoms with Crippen LogP contribution >= 0.6 is 0 Å². The third kappa shape index (κ3) is 4.46. The summed E-state index contributed by atoms with van der Waals surface area (Å²) in [6.07, 6.45) is -1.12. The number of oxime groups is 1. The standard InChI is InChI=1S/C5H12N4O5S/c1-9(3-4(6)7-11)15(12,13)8-5(10)14-2/h11H,3H2,1-2H3,(H2,6,7)(H,8,10). The molecule has 0 heterocycles. The molecule has 0 aliphatic heterocycles. The van der Waals surface area contributed by atoms with Gasteiger partial charge in [0.15, 0.2) is 5.84 Å². The van der Waals surface area contributed by atoms with Crippen LogP contribution in [0.1, 0.15) is 0 Å². The van der Waals surface area contributed by atoms with Crippen LogP contribution in [-0.2, 0) is 14.9 Å². The number of amides is 1. The summed E-state index contributed by atoms with van der Waals surface area (Å²) in [7, 11) is -1.88. The van der Waals surface area contributed by atoms with Gasteiger partial charge < -0.3 is 15.7 Å². The lowest BCUT2D eigenvalue weighted by Crippen LogP contribution is -2.44. The Morgan fingerprint density at radius 1 is 1.67 bits per heavy atom. The summed E-state index contributed by atoms with van der Waals surface area (Å²) in [4.78, 5) is 10.6. The number of nitrogens with zero attached hydrogens (tertiary/aromatic N) is 2. The van der Waals surface area contributed by atoms with Gasteiger partial charge in [-0.2, -0.15) is 12.7 Å². The summed E-state index contributed by atoms with van der Waals surface area (Å²) < 4.78 is 28.9. The highest BCUT2D eigenvalue weighted by Crippen LogP contribution is 1.93. The first-order chi connectivity index (χ1) is 6.83. The first kappa shape index (κ1) is 13.4. The lowest BCUT2D eigenvalue weighted by atomic mass is 10.6. The number of hydrogen-bond donors (Lipinski definition) is 3. The van der Waals surface area contributed by atoms with E-state index >= 15 is 0 Å². The average molecular weight is 240 g/mol. The second kappa shape index (κ2) is 5.36. The lowest BCUT2D eigenvalue weighted by molar-refractivity contribution is 0.177. The predicted octanol–water partition coefficient (Wildman–Crippen LogP) is -1.73. The van der Waals surface area contributed by atoms with E-state index in [1.54, 1.807) is 4.72 Å². The van der Waals surface area contributed by atoms with Crippen molar-refractivity contribution in [1.82, 2.24) is 9.03 Å². The van der Waals surface area contributed by atoms with Crippen molar-refractivity contribution < 1.29 is 23.2 Å². The van der Waals surface area contributed by atoms with E-state index in [1.165, 1.54) is 0 Å². The van der Waals surface area contributed by atoms with E-state index in [9.17, 15) is 13.2 Å². The van der Waals surface area contributed by atoms with Crippen molar-refractivity contribution in [2.24, 2.45) is 10.9 Å². The largest absolute Gasteiger partial charge is 0.452 e. The maximum absolute atomic E-state index is 11.3. The van der Waals surface area contributed by atoms with Gasteiger partial charge >= 0.3 is 16.3 Å². The SMILES string of the molecule is COC(=O)NS(=O)(=O)N(C)CC(N)=NO. The molecule has 0 saturated carbocycles. The van der Waals surface area contributed by atoms with E-state index in [2.05, 4.69) is 9.89 Å². The molecule has 0 aliphatic rings. The minimum absolute atomic E-state index is 0.312. The molecule has 0 aromatic carbocycles. The van der Waals surface area contributed by atoms with Crippen molar-refractivity contribution in [2.45, 2.75) is 0 Å². The van der Waals surface area contributed by atoms with Gasteiger partial charge in [-0.15, -0.1) is 0 Å². The Labute approximate surface area is 86.7 Å². The average Bonchev–Trinajstić information content (AvgIpc) is 2.16. The number of likely N-dealkylation sites (N-methyl/N-ethyl adjacent to an activating group) is 1. The third-order valence-electron chi connectivity index (χ3n) is 1.32. The van der Waals surface area contributed by atoms with E-state index in [0.717, 1.165) is 14.2 Å². The fraction of sp³-hybridized carbons (Fsp3) is 0.600. The molecule has 0 aromatic heterocycles. The van der Waals surface area contributed by atoms with E-state index in [0.29, 0.717) is 4.31 Å². The van der Waals surface area contributed by atoms with Gasteiger partial charge in [0, 0.05) is 7.05 Å². The van der Waals surface area contributed by atoms with Crippen LogP contribution in [0, 0.1) is 0 Å². The highest BCUT2D eigenvalue weighted by Gasteiger charge is 2.21. The van der Waals surface area contributed by atoms with Gasteiger partial charge in [-0.1, -0.05) is 5.16 Å². The molecule has 88 valence electrons. The molecular formula is C5H12N4O5S. The molecule has 0 atom stereocenters. The minimum Gasteiger partial charge on any atom is -0.452 e. The van der Waals surface area contributed by atoms with Crippen LogP contribution in [0.2, 0.25) is 0 Å². The lowest BCUT2D eigenvalue weighted by Gasteiger charge is -2.15. The number of nitrogens with one attached hydrogen (secondary N) is 1. The van der Waals surface area contributed by atoms with Gasteiger partial charge in [0.25, 0.3) is 0 Å². The predicted molar refractivity (Wildman–Crippen MR) is 50.5 cm³/mol. The summed E-state index contributed by atoms with van der Waals surface area (Å²) in [6, 6.07) is 0. The molecule has 0 fully saturated rings. The molecular weight excluding hydrogens is 228 g/mol. The molecule has 0 aromatic rings. The van der Waals surface area contributed by atoms with Crippen molar-refractivity contribution in [3.05, 3.63) is 0 Å². The van der Waals surface area contributed by atoms with Gasteiger partial charge in [-0.3, -0.25) is 0 Å². The summed E-state index contributed by atoms with van der Waals surface area (Å²) in [5.41, 5.74) is 5.08.